The molecule has 16 nitrogen and oxygen atoms in total. The zero-order valence-corrected chi connectivity index (χ0v) is 36.9. The van der Waals surface area contributed by atoms with Gasteiger partial charge in [-0.25, -0.2) is 31.0 Å². The fourth-order valence-corrected chi connectivity index (χ4v) is 11.1. The number of aromatic nitrogens is 4. The molecule has 5 aromatic rings. The third-order valence-corrected chi connectivity index (χ3v) is 14.2. The SMILES string of the molecule is CCCCOC(=O)N1CC[C@@H](NS(=O)(=O)c2ccc(I)c(-c3nnnn3Cc3ccc(OC)cc3)c2S(=O)(=O)N(Cc2ccc(OC)cc2)Cc2ccc(OC)cc2)C1. The molecule has 0 aliphatic carbocycles. The number of benzene rings is 4. The highest BCUT2D eigenvalue weighted by atomic mass is 127. The predicted molar refractivity (Wildman–Crippen MR) is 227 cm³/mol. The number of carbonyl (C=O) groups is 1. The van der Waals surface area contributed by atoms with E-state index >= 15 is 8.42 Å². The van der Waals surface area contributed by atoms with E-state index in [9.17, 15) is 13.2 Å². The van der Waals surface area contributed by atoms with Crippen molar-refractivity contribution in [3.8, 4) is 28.6 Å². The average Bonchev–Trinajstić information content (AvgIpc) is 3.90. The predicted octanol–water partition coefficient (Wildman–Crippen LogP) is 5.70. The number of rotatable bonds is 18. The lowest BCUT2D eigenvalue weighted by molar-refractivity contribution is 0.109. The number of amides is 1. The lowest BCUT2D eigenvalue weighted by atomic mass is 10.2. The zero-order chi connectivity index (χ0) is 42.2. The molecule has 1 atom stereocenters. The van der Waals surface area contributed by atoms with Crippen LogP contribution < -0.4 is 18.9 Å². The van der Waals surface area contributed by atoms with Crippen LogP contribution in [0.15, 0.2) is 94.7 Å². The summed E-state index contributed by atoms with van der Waals surface area (Å²) in [6, 6.07) is 23.2. The Morgan fingerprint density at radius 2 is 1.39 bits per heavy atom. The van der Waals surface area contributed by atoms with Crippen molar-refractivity contribution in [2.45, 2.75) is 61.7 Å². The standard InChI is InChI=1S/C40H46IN7O9S2/c1-5-6-23-57-40(49)46-22-21-31(27-46)43-58(50,51)36-20-19-35(41)37(39-42-44-45-48(39)26-30-11-17-34(56-4)18-12-30)38(36)59(52,53)47(24-28-7-13-32(54-2)14-8-28)25-29-9-15-33(55-3)16-10-29/h7-20,31,43H,5-6,21-27H2,1-4H3/t31-/m1/s1. The molecular weight excluding hydrogens is 914 g/mol. The number of likely N-dealkylation sites (tertiary alicyclic amines) is 1. The Morgan fingerprint density at radius 1 is 0.831 bits per heavy atom. The summed E-state index contributed by atoms with van der Waals surface area (Å²) in [7, 11) is -4.72. The molecule has 0 saturated carbocycles. The zero-order valence-electron chi connectivity index (χ0n) is 33.1. The van der Waals surface area contributed by atoms with Gasteiger partial charge >= 0.3 is 6.09 Å². The molecule has 19 heteroatoms. The van der Waals surface area contributed by atoms with Crippen LogP contribution in [-0.2, 0) is 44.4 Å². The van der Waals surface area contributed by atoms with Crippen molar-refractivity contribution >= 4 is 48.7 Å². The van der Waals surface area contributed by atoms with Gasteiger partial charge in [0.1, 0.15) is 27.0 Å². The van der Waals surface area contributed by atoms with Crippen LogP contribution >= 0.6 is 22.6 Å². The Balaban J connectivity index is 1.48. The second-order valence-corrected chi connectivity index (χ2v) is 18.5. The number of nitrogens with one attached hydrogen (secondary N) is 1. The molecule has 0 unspecified atom stereocenters. The van der Waals surface area contributed by atoms with Crippen molar-refractivity contribution in [1.29, 1.82) is 0 Å². The van der Waals surface area contributed by atoms with Crippen molar-refractivity contribution in [1.82, 2.24) is 34.1 Å². The molecule has 2 heterocycles. The molecule has 1 fully saturated rings. The number of hydrogen-bond acceptors (Lipinski definition) is 12. The quantitative estimate of drug-likeness (QED) is 0.0837. The molecule has 314 valence electrons. The number of sulfonamides is 2. The van der Waals surface area contributed by atoms with Crippen LogP contribution in [0, 0.1) is 3.57 Å². The van der Waals surface area contributed by atoms with Gasteiger partial charge in [-0.15, -0.1) is 5.10 Å². The Morgan fingerprint density at radius 3 is 1.93 bits per heavy atom. The first kappa shape index (κ1) is 43.7. The largest absolute Gasteiger partial charge is 0.497 e. The van der Waals surface area contributed by atoms with Gasteiger partial charge in [-0.1, -0.05) is 49.7 Å². The van der Waals surface area contributed by atoms with Crippen molar-refractivity contribution in [2.75, 3.05) is 41.0 Å². The Hall–Kier alpha value is -4.83. The third-order valence-electron chi connectivity index (χ3n) is 9.73. The summed E-state index contributed by atoms with van der Waals surface area (Å²) in [4.78, 5) is 13.2. The van der Waals surface area contributed by atoms with Gasteiger partial charge in [0, 0.05) is 35.8 Å². The van der Waals surface area contributed by atoms with E-state index in [0.29, 0.717) is 44.8 Å². The molecule has 1 aliphatic rings. The molecule has 0 bridgehead atoms. The van der Waals surface area contributed by atoms with Gasteiger partial charge in [-0.2, -0.15) is 4.31 Å². The van der Waals surface area contributed by atoms with Gasteiger partial charge in [0.05, 0.1) is 40.0 Å². The maximum Gasteiger partial charge on any atom is 0.409 e. The summed E-state index contributed by atoms with van der Waals surface area (Å²) >= 11 is 1.98. The van der Waals surface area contributed by atoms with Crippen LogP contribution in [0.2, 0.25) is 0 Å². The normalized spacial score (nSPS) is 14.4. The van der Waals surface area contributed by atoms with Gasteiger partial charge < -0.3 is 23.8 Å². The highest BCUT2D eigenvalue weighted by molar-refractivity contribution is 14.1. The van der Waals surface area contributed by atoms with Crippen molar-refractivity contribution in [2.24, 2.45) is 0 Å². The molecule has 0 radical (unpaired) electrons. The van der Waals surface area contributed by atoms with Gasteiger partial charge in [0.2, 0.25) is 20.0 Å². The molecular formula is C40H46IN7O9S2. The van der Waals surface area contributed by atoms with E-state index in [1.54, 1.807) is 67.8 Å². The molecule has 6 rings (SSSR count). The Kier molecular flexibility index (Phi) is 14.4. The topological polar surface area (TPSA) is 184 Å². The fraction of sp³-hybridized carbons (Fsp3) is 0.350. The van der Waals surface area contributed by atoms with Gasteiger partial charge in [-0.3, -0.25) is 0 Å². The van der Waals surface area contributed by atoms with Gasteiger partial charge in [0.15, 0.2) is 5.82 Å². The molecule has 59 heavy (non-hydrogen) atoms. The highest BCUT2D eigenvalue weighted by Gasteiger charge is 2.39. The number of ether oxygens (including phenoxy) is 4. The van der Waals surface area contributed by atoms with E-state index < -0.39 is 42.0 Å². The van der Waals surface area contributed by atoms with Crippen molar-refractivity contribution in [3.05, 3.63) is 105 Å². The van der Waals surface area contributed by atoms with Crippen molar-refractivity contribution in [3.63, 3.8) is 0 Å². The summed E-state index contributed by atoms with van der Waals surface area (Å²) < 4.78 is 87.6. The van der Waals surface area contributed by atoms with Crippen molar-refractivity contribution < 1.29 is 40.6 Å². The first-order valence-corrected chi connectivity index (χ1v) is 22.8. The number of unbranched alkanes of at least 4 members (excludes halogenated alkanes) is 1. The molecule has 1 N–H and O–H groups in total. The monoisotopic (exact) mass is 959 g/mol. The number of methoxy groups -OCH3 is 3. The van der Waals surface area contributed by atoms with Crippen LogP contribution in [0.3, 0.4) is 0 Å². The minimum atomic E-state index is -4.75. The molecule has 0 spiro atoms. The lowest BCUT2D eigenvalue weighted by Crippen LogP contribution is -2.40. The number of halogens is 1. The minimum absolute atomic E-state index is 0.00833. The molecule has 1 saturated heterocycles. The first-order chi connectivity index (χ1) is 28.4. The Labute approximate surface area is 358 Å². The number of hydrogen-bond donors (Lipinski definition) is 1. The van der Waals surface area contributed by atoms with E-state index in [1.165, 1.54) is 40.2 Å². The van der Waals surface area contributed by atoms with E-state index in [4.69, 9.17) is 18.9 Å². The Bertz CT molecular complexity index is 2380. The summed E-state index contributed by atoms with van der Waals surface area (Å²) in [6.07, 6.45) is 1.32. The van der Waals surface area contributed by atoms with E-state index in [1.807, 2.05) is 41.6 Å². The first-order valence-electron chi connectivity index (χ1n) is 18.8. The number of carbonyl (C=O) groups excluding carboxylic acids is 1. The van der Waals surface area contributed by atoms with Gasteiger partial charge in [0.25, 0.3) is 0 Å². The van der Waals surface area contributed by atoms with Crippen LogP contribution in [0.5, 0.6) is 17.2 Å². The van der Waals surface area contributed by atoms with Crippen LogP contribution in [0.4, 0.5) is 4.79 Å². The molecule has 1 aromatic heterocycles. The second-order valence-electron chi connectivity index (χ2n) is 13.7. The summed E-state index contributed by atoms with van der Waals surface area (Å²) in [5.41, 5.74) is 2.04. The van der Waals surface area contributed by atoms with E-state index in [-0.39, 0.29) is 50.7 Å². The molecule has 4 aromatic carbocycles. The summed E-state index contributed by atoms with van der Waals surface area (Å²) in [5.74, 6) is 1.85. The maximum absolute atomic E-state index is 15.6. The van der Waals surface area contributed by atoms with Crippen LogP contribution in [-0.4, -0.2) is 99.4 Å². The van der Waals surface area contributed by atoms with Crippen LogP contribution in [0.1, 0.15) is 42.9 Å². The fourth-order valence-electron chi connectivity index (χ4n) is 6.53. The smallest absolute Gasteiger partial charge is 0.409 e. The van der Waals surface area contributed by atoms with Gasteiger partial charge in [-0.05, 0) is 111 Å². The highest BCUT2D eigenvalue weighted by Crippen LogP contribution is 2.39. The molecule has 1 amide bonds. The third kappa shape index (κ3) is 10.5. The second kappa shape index (κ2) is 19.5. The van der Waals surface area contributed by atoms with Crippen LogP contribution in [0.25, 0.3) is 11.4 Å². The average molecular weight is 960 g/mol. The number of tetrazole rings is 1. The minimum Gasteiger partial charge on any atom is -0.497 e. The van der Waals surface area contributed by atoms with E-state index in [2.05, 4.69) is 20.2 Å². The maximum atomic E-state index is 15.6. The summed E-state index contributed by atoms with van der Waals surface area (Å²) in [6.45, 7) is 2.41. The number of nitrogens with zero attached hydrogens (tertiary/aromatic N) is 6. The summed E-state index contributed by atoms with van der Waals surface area (Å²) in [5, 5.41) is 12.4. The molecule has 1 aliphatic heterocycles. The van der Waals surface area contributed by atoms with E-state index in [0.717, 1.165) is 12.0 Å². The lowest BCUT2D eigenvalue weighted by Gasteiger charge is -2.26.